The molecule has 1 fully saturated rings. The molecule has 1 aromatic heterocycles. The third-order valence-corrected chi connectivity index (χ3v) is 16.0. The minimum Gasteiger partial charge on any atom is -0.414 e. The van der Waals surface area contributed by atoms with Gasteiger partial charge in [0.15, 0.2) is 29.0 Å². The predicted molar refractivity (Wildman–Crippen MR) is 127 cm³/mol. The van der Waals surface area contributed by atoms with Gasteiger partial charge in [-0.15, -0.1) is 0 Å². The molecule has 0 saturated carbocycles. The van der Waals surface area contributed by atoms with Crippen molar-refractivity contribution >= 4 is 22.5 Å². The molecule has 0 bridgehead atoms. The first-order chi connectivity index (χ1) is 13.9. The van der Waals surface area contributed by atoms with Crippen LogP contribution in [-0.2, 0) is 13.6 Å². The summed E-state index contributed by atoms with van der Waals surface area (Å²) in [5.41, 5.74) is 4.94. The van der Waals surface area contributed by atoms with E-state index in [4.69, 9.17) is 19.3 Å². The maximum absolute atomic E-state index is 15.8. The van der Waals surface area contributed by atoms with Gasteiger partial charge in [-0.2, -0.15) is 4.98 Å². The van der Waals surface area contributed by atoms with Gasteiger partial charge in [0, 0.05) is 6.20 Å². The number of alkyl halides is 1. The van der Waals surface area contributed by atoms with Gasteiger partial charge in [-0.1, -0.05) is 41.5 Å². The highest BCUT2D eigenvalue weighted by Gasteiger charge is 2.52. The Kier molecular flexibility index (Phi) is 7.34. The van der Waals surface area contributed by atoms with Crippen molar-refractivity contribution in [1.29, 1.82) is 0 Å². The third kappa shape index (κ3) is 5.65. The van der Waals surface area contributed by atoms with Crippen molar-refractivity contribution < 1.29 is 18.0 Å². The van der Waals surface area contributed by atoms with E-state index < -0.39 is 46.9 Å². The summed E-state index contributed by atoms with van der Waals surface area (Å²) in [7, 11) is -4.39. The summed E-state index contributed by atoms with van der Waals surface area (Å²) >= 11 is 0. The molecule has 0 aliphatic carbocycles. The minimum absolute atomic E-state index is 0.00766. The van der Waals surface area contributed by atoms with Gasteiger partial charge in [-0.3, -0.25) is 4.57 Å². The predicted octanol–water partition coefficient (Wildman–Crippen LogP) is 4.47. The summed E-state index contributed by atoms with van der Waals surface area (Å²) in [5, 5.41) is -0.0943. The average molecular weight is 474 g/mol. The standard InChI is InChI=1S/C21H40FN3O4Si2/c1-20(2,3)30(7,8)27-13-14-17(29-31(9,10)21(4,5)6)16(22)18(28-14)25-12-11-15(23)24-19(25)26/h11-12,14,16-18H,13H2,1-10H3,(H2,23,24,26)/t14-,16?,17+,18-/m1/s1. The van der Waals surface area contributed by atoms with E-state index in [1.165, 1.54) is 12.3 Å². The molecule has 1 unspecified atom stereocenters. The molecule has 1 aromatic rings. The average Bonchev–Trinajstić information content (AvgIpc) is 2.87. The second-order valence-electron chi connectivity index (χ2n) is 11.5. The Balaban J connectivity index is 2.36. The SMILES string of the molecule is CC(C)(C)[Si](C)(C)OC[C@H]1O[C@@H](n2ccc(N)nc2=O)C(F)[C@H]1O[Si](C)(C)C(C)(C)C. The van der Waals surface area contributed by atoms with Crippen LogP contribution in [0.4, 0.5) is 10.2 Å². The van der Waals surface area contributed by atoms with Gasteiger partial charge in [-0.05, 0) is 42.3 Å². The largest absolute Gasteiger partial charge is 0.414 e. The highest BCUT2D eigenvalue weighted by molar-refractivity contribution is 6.74. The number of hydrogen-bond acceptors (Lipinski definition) is 6. The van der Waals surface area contributed by atoms with Crippen LogP contribution in [0.3, 0.4) is 0 Å². The van der Waals surface area contributed by atoms with Crippen LogP contribution in [0.5, 0.6) is 0 Å². The first-order valence-electron chi connectivity index (χ1n) is 10.8. The first kappa shape index (κ1) is 26.2. The van der Waals surface area contributed by atoms with Gasteiger partial charge in [0.2, 0.25) is 0 Å². The van der Waals surface area contributed by atoms with Crippen LogP contribution >= 0.6 is 0 Å². The number of hydrogen-bond donors (Lipinski definition) is 1. The summed E-state index contributed by atoms with van der Waals surface area (Å²) in [6, 6.07) is 1.46. The van der Waals surface area contributed by atoms with Gasteiger partial charge in [0.05, 0.1) is 6.61 Å². The van der Waals surface area contributed by atoms with Crippen LogP contribution in [0.15, 0.2) is 17.1 Å². The lowest BCUT2D eigenvalue weighted by Gasteiger charge is -2.40. The van der Waals surface area contributed by atoms with E-state index in [1.807, 2.05) is 0 Å². The van der Waals surface area contributed by atoms with Crippen molar-refractivity contribution in [2.45, 2.75) is 102 Å². The zero-order valence-corrected chi connectivity index (χ0v) is 22.7. The number of nitrogens with zero attached hydrogens (tertiary/aromatic N) is 2. The van der Waals surface area contributed by atoms with Crippen LogP contribution in [0.2, 0.25) is 36.3 Å². The number of aromatic nitrogens is 2. The summed E-state index contributed by atoms with van der Waals surface area (Å²) in [5.74, 6) is 0.0848. The molecule has 0 radical (unpaired) electrons. The van der Waals surface area contributed by atoms with E-state index in [-0.39, 0.29) is 22.5 Å². The lowest BCUT2D eigenvalue weighted by molar-refractivity contribution is -0.0454. The van der Waals surface area contributed by atoms with Crippen LogP contribution in [0.25, 0.3) is 0 Å². The third-order valence-electron chi connectivity index (χ3n) is 7.04. The fourth-order valence-corrected chi connectivity index (χ4v) is 5.17. The Bertz CT molecular complexity index is 833. The van der Waals surface area contributed by atoms with Crippen LogP contribution in [0.1, 0.15) is 47.8 Å². The first-order valence-corrected chi connectivity index (χ1v) is 16.6. The number of ether oxygens (including phenoxy) is 1. The molecule has 0 aromatic carbocycles. The maximum Gasteiger partial charge on any atom is 0.351 e. The molecule has 2 rings (SSSR count). The van der Waals surface area contributed by atoms with Crippen LogP contribution < -0.4 is 11.4 Å². The lowest BCUT2D eigenvalue weighted by atomic mass is 10.1. The zero-order valence-electron chi connectivity index (χ0n) is 20.7. The van der Waals surface area contributed by atoms with Gasteiger partial charge in [0.1, 0.15) is 18.0 Å². The molecule has 2 heterocycles. The molecule has 1 aliphatic heterocycles. The molecule has 4 atom stereocenters. The van der Waals surface area contributed by atoms with E-state index in [9.17, 15) is 4.79 Å². The highest BCUT2D eigenvalue weighted by Crippen LogP contribution is 2.43. The minimum atomic E-state index is -2.31. The molecular weight excluding hydrogens is 433 g/mol. The number of rotatable bonds is 6. The van der Waals surface area contributed by atoms with Crippen molar-refractivity contribution in [1.82, 2.24) is 9.55 Å². The highest BCUT2D eigenvalue weighted by atomic mass is 28.4. The van der Waals surface area contributed by atoms with Gasteiger partial charge in [0.25, 0.3) is 0 Å². The lowest BCUT2D eigenvalue weighted by Crippen LogP contribution is -2.50. The maximum atomic E-state index is 15.8. The molecular formula is C21H40FN3O4Si2. The fourth-order valence-electron chi connectivity index (χ4n) is 2.84. The summed E-state index contributed by atoms with van der Waals surface area (Å²) < 4.78 is 35.8. The van der Waals surface area contributed by atoms with Gasteiger partial charge >= 0.3 is 5.69 Å². The summed E-state index contributed by atoms with van der Waals surface area (Å²) in [6.45, 7) is 21.4. The van der Waals surface area contributed by atoms with Crippen LogP contribution in [-0.4, -0.2) is 51.2 Å². The Hall–Kier alpha value is -1.08. The smallest absolute Gasteiger partial charge is 0.351 e. The molecule has 10 heteroatoms. The second-order valence-corrected chi connectivity index (χ2v) is 21.0. The summed E-state index contributed by atoms with van der Waals surface area (Å²) in [4.78, 5) is 16.1. The van der Waals surface area contributed by atoms with Gasteiger partial charge in [-0.25, -0.2) is 9.18 Å². The quantitative estimate of drug-likeness (QED) is 0.613. The van der Waals surface area contributed by atoms with E-state index in [0.717, 1.165) is 4.57 Å². The molecule has 31 heavy (non-hydrogen) atoms. The number of nitrogen functional groups attached to an aromatic ring is 1. The normalized spacial score (nSPS) is 25.8. The molecule has 0 spiro atoms. The Morgan fingerprint density at radius 2 is 1.68 bits per heavy atom. The fraction of sp³-hybridized carbons (Fsp3) is 0.810. The molecule has 0 amide bonds. The van der Waals surface area contributed by atoms with E-state index in [0.29, 0.717) is 0 Å². The molecule has 7 nitrogen and oxygen atoms in total. The monoisotopic (exact) mass is 473 g/mol. The Labute approximate surface area is 187 Å². The van der Waals surface area contributed by atoms with Crippen molar-refractivity contribution in [3.8, 4) is 0 Å². The second kappa shape index (κ2) is 8.70. The van der Waals surface area contributed by atoms with Crippen LogP contribution in [0, 0.1) is 0 Å². The number of nitrogens with two attached hydrogens (primary N) is 1. The molecule has 1 aliphatic rings. The van der Waals surface area contributed by atoms with E-state index >= 15 is 4.39 Å². The van der Waals surface area contributed by atoms with Crippen molar-refractivity contribution in [2.75, 3.05) is 12.3 Å². The zero-order chi connectivity index (χ0) is 24.0. The number of anilines is 1. The van der Waals surface area contributed by atoms with Crippen molar-refractivity contribution in [2.24, 2.45) is 0 Å². The summed E-state index contributed by atoms with van der Waals surface area (Å²) in [6.07, 6.45) is -2.72. The van der Waals surface area contributed by atoms with E-state index in [1.54, 1.807) is 0 Å². The van der Waals surface area contributed by atoms with Crippen molar-refractivity contribution in [3.63, 3.8) is 0 Å². The molecule has 178 valence electrons. The molecule has 2 N–H and O–H groups in total. The number of halogens is 1. The van der Waals surface area contributed by atoms with E-state index in [2.05, 4.69) is 72.7 Å². The van der Waals surface area contributed by atoms with Crippen molar-refractivity contribution in [3.05, 3.63) is 22.7 Å². The Morgan fingerprint density at radius 1 is 1.13 bits per heavy atom. The van der Waals surface area contributed by atoms with Gasteiger partial charge < -0.3 is 19.3 Å². The Morgan fingerprint density at radius 3 is 2.16 bits per heavy atom. The topological polar surface area (TPSA) is 88.6 Å². The molecule has 1 saturated heterocycles.